The minimum absolute atomic E-state index is 0.0346. The van der Waals surface area contributed by atoms with Gasteiger partial charge in [-0.25, -0.2) is 0 Å². The number of carbonyl (C=O) groups is 1. The van der Waals surface area contributed by atoms with Crippen molar-refractivity contribution in [2.45, 2.75) is 39.2 Å². The topological polar surface area (TPSA) is 59.2 Å². The molecule has 22 heavy (non-hydrogen) atoms. The summed E-state index contributed by atoms with van der Waals surface area (Å²) < 4.78 is 5.26. The lowest BCUT2D eigenvalue weighted by Gasteiger charge is -2.22. The van der Waals surface area contributed by atoms with Gasteiger partial charge in [-0.05, 0) is 37.3 Å². The van der Waals surface area contributed by atoms with Crippen molar-refractivity contribution < 1.29 is 9.32 Å². The van der Waals surface area contributed by atoms with Crippen molar-refractivity contribution >= 4 is 5.91 Å². The summed E-state index contributed by atoms with van der Waals surface area (Å²) in [6.45, 7) is 4.97. The van der Waals surface area contributed by atoms with E-state index in [0.29, 0.717) is 11.7 Å². The summed E-state index contributed by atoms with van der Waals surface area (Å²) in [6, 6.07) is 7.63. The Balaban J connectivity index is 1.77. The maximum absolute atomic E-state index is 12.7. The first-order valence-corrected chi connectivity index (χ1v) is 7.82. The lowest BCUT2D eigenvalue weighted by atomic mass is 10.1. The molecule has 0 radical (unpaired) electrons. The van der Waals surface area contributed by atoms with Crippen LogP contribution in [0.5, 0.6) is 0 Å². The van der Waals surface area contributed by atoms with Gasteiger partial charge in [-0.1, -0.05) is 25.1 Å². The first-order valence-electron chi connectivity index (χ1n) is 7.82. The Morgan fingerprint density at radius 2 is 2.32 bits per heavy atom. The number of amides is 1. The van der Waals surface area contributed by atoms with Crippen LogP contribution in [-0.2, 0) is 6.42 Å². The normalized spacial score (nSPS) is 18.1. The lowest BCUT2D eigenvalue weighted by Crippen LogP contribution is -2.30. The van der Waals surface area contributed by atoms with Crippen molar-refractivity contribution in [1.82, 2.24) is 15.0 Å². The van der Waals surface area contributed by atoms with Gasteiger partial charge in [0.25, 0.3) is 5.91 Å². The molecule has 0 N–H and O–H groups in total. The third kappa shape index (κ3) is 3.03. The molecular weight excluding hydrogens is 278 g/mol. The second-order valence-corrected chi connectivity index (χ2v) is 6.19. The van der Waals surface area contributed by atoms with E-state index in [1.807, 2.05) is 23.1 Å². The van der Waals surface area contributed by atoms with Crippen LogP contribution in [0.4, 0.5) is 0 Å². The minimum atomic E-state index is -0.0874. The molecule has 1 aliphatic heterocycles. The summed E-state index contributed by atoms with van der Waals surface area (Å²) in [4.78, 5) is 18.9. The predicted molar refractivity (Wildman–Crippen MR) is 82.3 cm³/mol. The van der Waals surface area contributed by atoms with Crippen LogP contribution in [0, 0.1) is 5.92 Å². The van der Waals surface area contributed by atoms with Crippen LogP contribution in [0.2, 0.25) is 0 Å². The predicted octanol–water partition coefficient (Wildman–Crippen LogP) is 3.25. The van der Waals surface area contributed by atoms with Crippen LogP contribution in [0.15, 0.2) is 35.0 Å². The van der Waals surface area contributed by atoms with Crippen molar-refractivity contribution in [3.8, 4) is 0 Å². The van der Waals surface area contributed by atoms with Gasteiger partial charge in [0.05, 0.1) is 17.4 Å². The highest BCUT2D eigenvalue weighted by Crippen LogP contribution is 2.32. The summed E-state index contributed by atoms with van der Waals surface area (Å²) in [6.07, 6.45) is 4.52. The van der Waals surface area contributed by atoms with E-state index in [-0.39, 0.29) is 11.9 Å². The first-order chi connectivity index (χ1) is 10.6. The Kier molecular flexibility index (Phi) is 4.22. The fraction of sp³-hybridized carbons (Fsp3) is 0.471. The zero-order valence-electron chi connectivity index (χ0n) is 13.0. The van der Waals surface area contributed by atoms with Crippen LogP contribution in [-0.4, -0.2) is 27.5 Å². The van der Waals surface area contributed by atoms with E-state index < -0.39 is 0 Å². The van der Waals surface area contributed by atoms with Crippen LogP contribution in [0.1, 0.15) is 54.7 Å². The zero-order valence-corrected chi connectivity index (χ0v) is 13.0. The van der Waals surface area contributed by atoms with Gasteiger partial charge in [0.15, 0.2) is 0 Å². The standard InChI is InChI=1S/C17H21N3O2/c1-12(2)10-13-11-16(22-19-13)17(21)20-9-5-7-15(20)14-6-3-4-8-18-14/h3-4,6,8,11-12,15H,5,7,9-10H2,1-2H3/t15-/m1/s1. The zero-order chi connectivity index (χ0) is 15.5. The Labute approximate surface area is 130 Å². The van der Waals surface area contributed by atoms with Crippen molar-refractivity contribution in [3.63, 3.8) is 0 Å². The highest BCUT2D eigenvalue weighted by molar-refractivity contribution is 5.92. The molecule has 0 aromatic carbocycles. The number of likely N-dealkylation sites (tertiary alicyclic amines) is 1. The van der Waals surface area contributed by atoms with Crippen LogP contribution < -0.4 is 0 Å². The van der Waals surface area contributed by atoms with Gasteiger partial charge >= 0.3 is 0 Å². The second kappa shape index (κ2) is 6.30. The Morgan fingerprint density at radius 1 is 1.45 bits per heavy atom. The SMILES string of the molecule is CC(C)Cc1cc(C(=O)N2CCC[C@@H]2c2ccccn2)on1. The van der Waals surface area contributed by atoms with Crippen molar-refractivity contribution in [2.75, 3.05) is 6.54 Å². The van der Waals surface area contributed by atoms with Gasteiger partial charge in [0.1, 0.15) is 0 Å². The number of nitrogens with zero attached hydrogens (tertiary/aromatic N) is 3. The molecular formula is C17H21N3O2. The maximum atomic E-state index is 12.7. The molecule has 1 fully saturated rings. The molecule has 0 unspecified atom stereocenters. The van der Waals surface area contributed by atoms with E-state index in [0.717, 1.165) is 37.2 Å². The summed E-state index contributed by atoms with van der Waals surface area (Å²) in [5.74, 6) is 0.732. The van der Waals surface area contributed by atoms with E-state index in [2.05, 4.69) is 24.0 Å². The van der Waals surface area contributed by atoms with Crippen molar-refractivity contribution in [2.24, 2.45) is 5.92 Å². The first kappa shape index (κ1) is 14.8. The molecule has 3 rings (SSSR count). The number of rotatable bonds is 4. The van der Waals surface area contributed by atoms with Crippen molar-refractivity contribution in [3.05, 3.63) is 47.6 Å². The molecule has 116 valence electrons. The smallest absolute Gasteiger partial charge is 0.293 e. The molecule has 5 nitrogen and oxygen atoms in total. The number of hydrogen-bond donors (Lipinski definition) is 0. The highest BCUT2D eigenvalue weighted by Gasteiger charge is 2.33. The average Bonchev–Trinajstić information content (AvgIpc) is 3.16. The van der Waals surface area contributed by atoms with Gasteiger partial charge in [0, 0.05) is 18.8 Å². The molecule has 1 aliphatic rings. The summed E-state index contributed by atoms with van der Waals surface area (Å²) >= 11 is 0. The number of pyridine rings is 1. The van der Waals surface area contributed by atoms with Crippen LogP contribution >= 0.6 is 0 Å². The molecule has 1 atom stereocenters. The number of carbonyl (C=O) groups excluding carboxylic acids is 1. The third-order valence-corrected chi connectivity index (χ3v) is 3.93. The minimum Gasteiger partial charge on any atom is -0.351 e. The number of hydrogen-bond acceptors (Lipinski definition) is 4. The molecule has 0 bridgehead atoms. The van der Waals surface area contributed by atoms with Gasteiger partial charge in [-0.2, -0.15) is 0 Å². The Hall–Kier alpha value is -2.17. The molecule has 0 spiro atoms. The molecule has 0 saturated carbocycles. The molecule has 1 saturated heterocycles. The molecule has 1 amide bonds. The second-order valence-electron chi connectivity index (χ2n) is 6.19. The molecule has 0 aliphatic carbocycles. The summed E-state index contributed by atoms with van der Waals surface area (Å²) in [7, 11) is 0. The highest BCUT2D eigenvalue weighted by atomic mass is 16.5. The molecule has 2 aromatic rings. The maximum Gasteiger partial charge on any atom is 0.293 e. The van der Waals surface area contributed by atoms with E-state index >= 15 is 0 Å². The van der Waals surface area contributed by atoms with E-state index in [9.17, 15) is 4.79 Å². The van der Waals surface area contributed by atoms with Crippen molar-refractivity contribution in [1.29, 1.82) is 0 Å². The number of aromatic nitrogens is 2. The average molecular weight is 299 g/mol. The van der Waals surface area contributed by atoms with E-state index in [1.54, 1.807) is 12.3 Å². The Bertz CT molecular complexity index is 636. The quantitative estimate of drug-likeness (QED) is 0.869. The van der Waals surface area contributed by atoms with E-state index in [4.69, 9.17) is 4.52 Å². The van der Waals surface area contributed by atoms with Gasteiger partial charge in [0.2, 0.25) is 5.76 Å². The Morgan fingerprint density at radius 3 is 3.05 bits per heavy atom. The lowest BCUT2D eigenvalue weighted by molar-refractivity contribution is 0.0690. The summed E-state index contributed by atoms with van der Waals surface area (Å²) in [5, 5.41) is 4.01. The van der Waals surface area contributed by atoms with Gasteiger partial charge in [-0.15, -0.1) is 0 Å². The van der Waals surface area contributed by atoms with Gasteiger partial charge in [-0.3, -0.25) is 9.78 Å². The van der Waals surface area contributed by atoms with Crippen LogP contribution in [0.3, 0.4) is 0 Å². The fourth-order valence-electron chi connectivity index (χ4n) is 2.96. The fourth-order valence-corrected chi connectivity index (χ4v) is 2.96. The molecule has 3 heterocycles. The van der Waals surface area contributed by atoms with Crippen LogP contribution in [0.25, 0.3) is 0 Å². The monoisotopic (exact) mass is 299 g/mol. The largest absolute Gasteiger partial charge is 0.351 e. The third-order valence-electron chi connectivity index (χ3n) is 3.93. The van der Waals surface area contributed by atoms with Gasteiger partial charge < -0.3 is 9.42 Å². The summed E-state index contributed by atoms with van der Waals surface area (Å²) in [5.41, 5.74) is 1.78. The molecule has 2 aromatic heterocycles. The van der Waals surface area contributed by atoms with E-state index in [1.165, 1.54) is 0 Å². The molecule has 5 heteroatoms.